The molecule has 0 atom stereocenters. The molecule has 0 saturated carbocycles. The molecule has 7 nitrogen and oxygen atoms in total. The van der Waals surface area contributed by atoms with Crippen LogP contribution in [0.2, 0.25) is 0 Å². The first-order chi connectivity index (χ1) is 12.5. The largest absolute Gasteiger partial charge is 0.376 e. The molecule has 7 heteroatoms. The number of carbonyl (C=O) groups is 3. The van der Waals surface area contributed by atoms with E-state index in [2.05, 4.69) is 21.5 Å². The van der Waals surface area contributed by atoms with Gasteiger partial charge in [-0.2, -0.15) is 0 Å². The molecule has 2 aromatic rings. The molecule has 0 radical (unpaired) electrons. The minimum absolute atomic E-state index is 0.0250. The second kappa shape index (κ2) is 7.69. The third-order valence-electron chi connectivity index (χ3n) is 4.08. The molecule has 0 aromatic heterocycles. The highest BCUT2D eigenvalue weighted by Crippen LogP contribution is 2.23. The Balaban J connectivity index is 1.49. The van der Waals surface area contributed by atoms with Gasteiger partial charge in [0, 0.05) is 23.4 Å². The van der Waals surface area contributed by atoms with Gasteiger partial charge in [0.1, 0.15) is 0 Å². The van der Waals surface area contributed by atoms with Gasteiger partial charge in [-0.05, 0) is 49.2 Å². The maximum Gasteiger partial charge on any atom is 0.269 e. The fourth-order valence-electron chi connectivity index (χ4n) is 2.62. The van der Waals surface area contributed by atoms with Crippen molar-refractivity contribution >= 4 is 29.1 Å². The molecule has 3 rings (SSSR count). The molecule has 2 aromatic carbocycles. The number of anilines is 2. The lowest BCUT2D eigenvalue weighted by Gasteiger charge is -2.17. The van der Waals surface area contributed by atoms with Crippen LogP contribution in [0, 0.1) is 6.92 Å². The van der Waals surface area contributed by atoms with Crippen molar-refractivity contribution in [3.8, 4) is 0 Å². The molecule has 1 aliphatic rings. The Kier molecular flexibility index (Phi) is 5.17. The molecule has 3 amide bonds. The zero-order valence-electron chi connectivity index (χ0n) is 14.4. The first-order valence-electron chi connectivity index (χ1n) is 8.34. The second-order valence-corrected chi connectivity index (χ2v) is 6.14. The third-order valence-corrected chi connectivity index (χ3v) is 4.08. The summed E-state index contributed by atoms with van der Waals surface area (Å²) in [5, 5.41) is 5.74. The van der Waals surface area contributed by atoms with Gasteiger partial charge in [-0.25, -0.2) is 0 Å². The standard InChI is InChI=1S/C19H20N4O3/c1-12-2-6-15(7-3-12)20-11-18(25)22-23-19(26)14-4-8-16-13(10-14)5-9-17(24)21-16/h2-4,6-8,10,20H,5,9,11H2,1H3,(H,21,24)(H,22,25)(H,23,26). The molecule has 0 aliphatic carbocycles. The number of nitrogens with one attached hydrogen (secondary N) is 4. The third kappa shape index (κ3) is 4.38. The predicted molar refractivity (Wildman–Crippen MR) is 98.7 cm³/mol. The van der Waals surface area contributed by atoms with E-state index in [1.807, 2.05) is 31.2 Å². The van der Waals surface area contributed by atoms with E-state index in [-0.39, 0.29) is 18.4 Å². The van der Waals surface area contributed by atoms with Crippen LogP contribution in [-0.2, 0) is 16.0 Å². The van der Waals surface area contributed by atoms with Gasteiger partial charge < -0.3 is 10.6 Å². The van der Waals surface area contributed by atoms with Gasteiger partial charge >= 0.3 is 0 Å². The minimum atomic E-state index is -0.409. The van der Waals surface area contributed by atoms with Crippen molar-refractivity contribution in [1.82, 2.24) is 10.9 Å². The Morgan fingerprint density at radius 3 is 2.58 bits per heavy atom. The highest BCUT2D eigenvalue weighted by molar-refractivity contribution is 5.98. The molecule has 134 valence electrons. The van der Waals surface area contributed by atoms with E-state index < -0.39 is 5.91 Å². The Morgan fingerprint density at radius 2 is 1.81 bits per heavy atom. The maximum absolute atomic E-state index is 12.2. The average Bonchev–Trinajstić information content (AvgIpc) is 2.65. The number of rotatable bonds is 4. The summed E-state index contributed by atoms with van der Waals surface area (Å²) in [4.78, 5) is 35.4. The lowest BCUT2D eigenvalue weighted by molar-refractivity contribution is -0.120. The summed E-state index contributed by atoms with van der Waals surface area (Å²) < 4.78 is 0. The average molecular weight is 352 g/mol. The van der Waals surface area contributed by atoms with E-state index in [4.69, 9.17) is 0 Å². The van der Waals surface area contributed by atoms with E-state index in [9.17, 15) is 14.4 Å². The fourth-order valence-corrected chi connectivity index (χ4v) is 2.62. The molecule has 0 bridgehead atoms. The lowest BCUT2D eigenvalue weighted by Crippen LogP contribution is -2.44. The van der Waals surface area contributed by atoms with Crippen LogP contribution in [0.5, 0.6) is 0 Å². The van der Waals surface area contributed by atoms with Crippen LogP contribution >= 0.6 is 0 Å². The summed E-state index contributed by atoms with van der Waals surface area (Å²) >= 11 is 0. The van der Waals surface area contributed by atoms with Crippen LogP contribution in [-0.4, -0.2) is 24.3 Å². The van der Waals surface area contributed by atoms with Crippen molar-refractivity contribution in [3.63, 3.8) is 0 Å². The van der Waals surface area contributed by atoms with Gasteiger partial charge in [-0.15, -0.1) is 0 Å². The van der Waals surface area contributed by atoms with Crippen LogP contribution in [0.25, 0.3) is 0 Å². The van der Waals surface area contributed by atoms with E-state index in [0.717, 1.165) is 22.5 Å². The van der Waals surface area contributed by atoms with Gasteiger partial charge in [-0.1, -0.05) is 17.7 Å². The highest BCUT2D eigenvalue weighted by Gasteiger charge is 2.16. The molecule has 0 spiro atoms. The Hall–Kier alpha value is -3.35. The van der Waals surface area contributed by atoms with Gasteiger partial charge in [0.15, 0.2) is 0 Å². The van der Waals surface area contributed by atoms with E-state index >= 15 is 0 Å². The normalized spacial score (nSPS) is 12.6. The van der Waals surface area contributed by atoms with Crippen LogP contribution in [0.1, 0.15) is 27.9 Å². The molecular formula is C19H20N4O3. The van der Waals surface area contributed by atoms with Crippen LogP contribution in [0.4, 0.5) is 11.4 Å². The Bertz CT molecular complexity index is 846. The number of aryl methyl sites for hydroxylation is 2. The van der Waals surface area contributed by atoms with Crippen molar-refractivity contribution in [3.05, 3.63) is 59.2 Å². The van der Waals surface area contributed by atoms with Crippen molar-refractivity contribution in [1.29, 1.82) is 0 Å². The summed E-state index contributed by atoms with van der Waals surface area (Å²) in [6, 6.07) is 12.7. The summed E-state index contributed by atoms with van der Waals surface area (Å²) in [6.07, 6.45) is 0.995. The zero-order chi connectivity index (χ0) is 18.5. The van der Waals surface area contributed by atoms with Gasteiger partial charge in [0.05, 0.1) is 6.54 Å². The van der Waals surface area contributed by atoms with Gasteiger partial charge in [0.2, 0.25) is 5.91 Å². The van der Waals surface area contributed by atoms with Crippen LogP contribution < -0.4 is 21.5 Å². The Labute approximate surface area is 151 Å². The summed E-state index contributed by atoms with van der Waals surface area (Å²) in [6.45, 7) is 2.03. The molecule has 0 fully saturated rings. The molecule has 4 N–H and O–H groups in total. The highest BCUT2D eigenvalue weighted by atomic mass is 16.2. The first-order valence-corrected chi connectivity index (χ1v) is 8.34. The maximum atomic E-state index is 12.2. The molecular weight excluding hydrogens is 332 g/mol. The molecule has 1 aliphatic heterocycles. The summed E-state index contributed by atoms with van der Waals surface area (Å²) in [5.74, 6) is -0.791. The number of hydrazine groups is 1. The molecule has 0 unspecified atom stereocenters. The molecule has 1 heterocycles. The quantitative estimate of drug-likeness (QED) is 0.630. The predicted octanol–water partition coefficient (Wildman–Crippen LogP) is 1.75. The fraction of sp³-hybridized carbons (Fsp3) is 0.211. The smallest absolute Gasteiger partial charge is 0.269 e. The number of amides is 3. The zero-order valence-corrected chi connectivity index (χ0v) is 14.4. The van der Waals surface area contributed by atoms with Crippen molar-refractivity contribution in [2.45, 2.75) is 19.8 Å². The monoisotopic (exact) mass is 352 g/mol. The van der Waals surface area contributed by atoms with Gasteiger partial charge in [-0.3, -0.25) is 25.2 Å². The number of carbonyl (C=O) groups excluding carboxylic acids is 3. The number of fused-ring (bicyclic) bond motifs is 1. The van der Waals surface area contributed by atoms with E-state index in [0.29, 0.717) is 18.4 Å². The van der Waals surface area contributed by atoms with Crippen LogP contribution in [0.15, 0.2) is 42.5 Å². The SMILES string of the molecule is Cc1ccc(NCC(=O)NNC(=O)c2ccc3c(c2)CCC(=O)N3)cc1. The first kappa shape index (κ1) is 17.5. The topological polar surface area (TPSA) is 99.3 Å². The van der Waals surface area contributed by atoms with E-state index in [1.54, 1.807) is 18.2 Å². The minimum Gasteiger partial charge on any atom is -0.376 e. The van der Waals surface area contributed by atoms with Crippen molar-refractivity contribution < 1.29 is 14.4 Å². The molecule has 0 saturated heterocycles. The lowest BCUT2D eigenvalue weighted by atomic mass is 10.0. The Morgan fingerprint density at radius 1 is 1.04 bits per heavy atom. The van der Waals surface area contributed by atoms with Crippen molar-refractivity contribution in [2.75, 3.05) is 17.2 Å². The summed E-state index contributed by atoms with van der Waals surface area (Å²) in [7, 11) is 0. The number of hydrogen-bond acceptors (Lipinski definition) is 4. The van der Waals surface area contributed by atoms with Crippen molar-refractivity contribution in [2.24, 2.45) is 0 Å². The second-order valence-electron chi connectivity index (χ2n) is 6.14. The van der Waals surface area contributed by atoms with Gasteiger partial charge in [0.25, 0.3) is 11.8 Å². The van der Waals surface area contributed by atoms with E-state index in [1.165, 1.54) is 0 Å². The number of benzene rings is 2. The number of hydrogen-bond donors (Lipinski definition) is 4. The van der Waals surface area contributed by atoms with Crippen LogP contribution in [0.3, 0.4) is 0 Å². The summed E-state index contributed by atoms with van der Waals surface area (Å²) in [5.41, 5.74) is 8.79. The molecule has 26 heavy (non-hydrogen) atoms.